The van der Waals surface area contributed by atoms with E-state index in [0.717, 1.165) is 19.2 Å². The van der Waals surface area contributed by atoms with Gasteiger partial charge in [0.15, 0.2) is 11.4 Å². The molecule has 0 bridgehead atoms. The van der Waals surface area contributed by atoms with Crippen molar-refractivity contribution >= 4 is 11.6 Å². The van der Waals surface area contributed by atoms with Crippen molar-refractivity contribution < 1.29 is 22.3 Å². The summed E-state index contributed by atoms with van der Waals surface area (Å²) in [6.07, 6.45) is -4.91. The van der Waals surface area contributed by atoms with Crippen LogP contribution >= 0.6 is 11.6 Å². The monoisotopic (exact) mass is 428 g/mol. The maximum Gasteiger partial charge on any atom is 0.431 e. The van der Waals surface area contributed by atoms with E-state index in [1.165, 1.54) is 6.07 Å². The molecule has 0 amide bonds. The summed E-state index contributed by atoms with van der Waals surface area (Å²) >= 11 is 6.12. The minimum atomic E-state index is -4.91. The van der Waals surface area contributed by atoms with Crippen molar-refractivity contribution in [3.8, 4) is 11.4 Å². The van der Waals surface area contributed by atoms with Gasteiger partial charge in [0.25, 0.3) is 5.56 Å². The molecule has 10 heteroatoms. The van der Waals surface area contributed by atoms with Crippen LogP contribution < -0.4 is 16.0 Å². The van der Waals surface area contributed by atoms with Crippen molar-refractivity contribution in [3.63, 3.8) is 0 Å². The lowest BCUT2D eigenvalue weighted by atomic mass is 10.2. The zero-order valence-electron chi connectivity index (χ0n) is 14.8. The lowest BCUT2D eigenvalue weighted by molar-refractivity contribution is -0.144. The molecule has 29 heavy (non-hydrogen) atoms. The molecule has 3 aromatic rings. The first-order valence-electron chi connectivity index (χ1n) is 8.15. The Labute approximate surface area is 166 Å². The molecule has 0 aliphatic heterocycles. The van der Waals surface area contributed by atoms with Gasteiger partial charge in [0.2, 0.25) is 0 Å². The van der Waals surface area contributed by atoms with Gasteiger partial charge in [-0.1, -0.05) is 41.9 Å². The van der Waals surface area contributed by atoms with Gasteiger partial charge in [0.1, 0.15) is 11.4 Å². The summed E-state index contributed by atoms with van der Waals surface area (Å²) in [6, 6.07) is 12.1. The van der Waals surface area contributed by atoms with Crippen LogP contribution in [0.4, 0.5) is 17.6 Å². The summed E-state index contributed by atoms with van der Waals surface area (Å²) in [7, 11) is 0.842. The number of ether oxygens (including phenoxy) is 1. The normalized spacial score (nSPS) is 12.6. The van der Waals surface area contributed by atoms with Gasteiger partial charge in [-0.3, -0.25) is 9.36 Å². The number of alkyl halides is 4. The maximum absolute atomic E-state index is 14.6. The summed E-state index contributed by atoms with van der Waals surface area (Å²) in [5.74, 6) is -1.04. The van der Waals surface area contributed by atoms with E-state index in [1.54, 1.807) is 30.3 Å². The molecule has 152 valence electrons. The fourth-order valence-corrected chi connectivity index (χ4v) is 2.90. The molecule has 0 saturated carbocycles. The van der Waals surface area contributed by atoms with Crippen LogP contribution in [0.25, 0.3) is 5.69 Å². The lowest BCUT2D eigenvalue weighted by Crippen LogP contribution is -2.41. The highest BCUT2D eigenvalue weighted by molar-refractivity contribution is 6.20. The van der Waals surface area contributed by atoms with Crippen molar-refractivity contribution in [3.05, 3.63) is 92.5 Å². The number of aromatic nitrogens is 2. The van der Waals surface area contributed by atoms with E-state index in [9.17, 15) is 27.2 Å². The van der Waals surface area contributed by atoms with Crippen molar-refractivity contribution in [2.24, 2.45) is 7.05 Å². The van der Waals surface area contributed by atoms with Gasteiger partial charge >= 0.3 is 11.9 Å². The third-order valence-electron chi connectivity index (χ3n) is 4.07. The predicted octanol–water partition coefficient (Wildman–Crippen LogP) is 4.01. The lowest BCUT2D eigenvalue weighted by Gasteiger charge is -2.16. The molecule has 0 fully saturated rings. The zero-order chi connectivity index (χ0) is 21.3. The van der Waals surface area contributed by atoms with Gasteiger partial charge < -0.3 is 4.74 Å². The molecular weight excluding hydrogens is 416 g/mol. The maximum atomic E-state index is 14.6. The fraction of sp³-hybridized carbons (Fsp3) is 0.158. The minimum Gasteiger partial charge on any atom is -0.470 e. The highest BCUT2D eigenvalue weighted by atomic mass is 35.5. The number of halogens is 5. The molecule has 0 radical (unpaired) electrons. The molecule has 1 aromatic heterocycles. The minimum absolute atomic E-state index is 0.00638. The second kappa shape index (κ2) is 7.75. The SMILES string of the molecule is Cn1c(C(F)(F)F)cc(=O)n(-c2ccc(OC(Cl)c3ccccc3)cc2F)c1=O. The van der Waals surface area contributed by atoms with Crippen LogP contribution in [0.3, 0.4) is 0 Å². The van der Waals surface area contributed by atoms with E-state index in [0.29, 0.717) is 10.1 Å². The Hall–Kier alpha value is -3.07. The third-order valence-corrected chi connectivity index (χ3v) is 4.41. The zero-order valence-corrected chi connectivity index (χ0v) is 15.5. The molecule has 1 atom stereocenters. The van der Waals surface area contributed by atoms with E-state index in [2.05, 4.69) is 0 Å². The summed E-state index contributed by atoms with van der Waals surface area (Å²) in [5.41, 5.74) is -4.90. The van der Waals surface area contributed by atoms with E-state index < -0.39 is 40.2 Å². The summed E-state index contributed by atoms with van der Waals surface area (Å²) < 4.78 is 59.3. The summed E-state index contributed by atoms with van der Waals surface area (Å²) in [5, 5.41) is 0. The molecule has 0 N–H and O–H groups in total. The predicted molar refractivity (Wildman–Crippen MR) is 97.9 cm³/mol. The van der Waals surface area contributed by atoms with Gasteiger partial charge in [0, 0.05) is 24.7 Å². The van der Waals surface area contributed by atoms with Crippen LogP contribution in [0, 0.1) is 5.82 Å². The smallest absolute Gasteiger partial charge is 0.431 e. The van der Waals surface area contributed by atoms with Crippen LogP contribution in [-0.2, 0) is 13.2 Å². The molecule has 2 aromatic carbocycles. The highest BCUT2D eigenvalue weighted by Gasteiger charge is 2.35. The Bertz CT molecular complexity index is 1160. The van der Waals surface area contributed by atoms with Crippen molar-refractivity contribution in [2.45, 2.75) is 11.7 Å². The fourth-order valence-electron chi connectivity index (χ4n) is 2.65. The van der Waals surface area contributed by atoms with E-state index >= 15 is 0 Å². The number of rotatable bonds is 4. The third kappa shape index (κ3) is 4.19. The number of benzene rings is 2. The average molecular weight is 429 g/mol. The summed E-state index contributed by atoms with van der Waals surface area (Å²) in [6.45, 7) is 0. The van der Waals surface area contributed by atoms with E-state index in [-0.39, 0.29) is 16.4 Å². The topological polar surface area (TPSA) is 53.2 Å². The quantitative estimate of drug-likeness (QED) is 0.466. The largest absolute Gasteiger partial charge is 0.470 e. The molecule has 1 unspecified atom stereocenters. The Balaban J connectivity index is 1.99. The second-order valence-electron chi connectivity index (χ2n) is 6.00. The van der Waals surface area contributed by atoms with Crippen LogP contribution in [0.1, 0.15) is 16.8 Å². The van der Waals surface area contributed by atoms with Crippen molar-refractivity contribution in [2.75, 3.05) is 0 Å². The standard InChI is InChI=1S/C19H13ClF4N2O3/c1-25-15(19(22,23)24)10-16(27)26(18(25)28)14-8-7-12(9-13(14)21)29-17(20)11-5-3-2-4-6-11/h2-10,17H,1H3. The summed E-state index contributed by atoms with van der Waals surface area (Å²) in [4.78, 5) is 24.4. The molecule has 5 nitrogen and oxygen atoms in total. The molecule has 3 rings (SSSR count). The van der Waals surface area contributed by atoms with Crippen molar-refractivity contribution in [1.82, 2.24) is 9.13 Å². The van der Waals surface area contributed by atoms with E-state index in [1.807, 2.05) is 0 Å². The first kappa shape index (κ1) is 20.7. The van der Waals surface area contributed by atoms with Crippen LogP contribution in [-0.4, -0.2) is 9.13 Å². The number of hydrogen-bond donors (Lipinski definition) is 0. The highest BCUT2D eigenvalue weighted by Crippen LogP contribution is 2.28. The van der Waals surface area contributed by atoms with Crippen LogP contribution in [0.5, 0.6) is 5.75 Å². The number of hydrogen-bond acceptors (Lipinski definition) is 3. The van der Waals surface area contributed by atoms with Crippen LogP contribution in [0.15, 0.2) is 64.2 Å². The molecule has 0 spiro atoms. The first-order chi connectivity index (χ1) is 13.6. The van der Waals surface area contributed by atoms with Gasteiger partial charge in [-0.25, -0.2) is 13.8 Å². The molecule has 0 saturated heterocycles. The van der Waals surface area contributed by atoms with Gasteiger partial charge in [-0.15, -0.1) is 0 Å². The average Bonchev–Trinajstić information content (AvgIpc) is 2.66. The Morgan fingerprint density at radius 3 is 2.28 bits per heavy atom. The van der Waals surface area contributed by atoms with Gasteiger partial charge in [-0.05, 0) is 12.1 Å². The van der Waals surface area contributed by atoms with Gasteiger partial charge in [0.05, 0.1) is 5.69 Å². The Morgan fingerprint density at radius 1 is 1.03 bits per heavy atom. The van der Waals surface area contributed by atoms with E-state index in [4.69, 9.17) is 16.3 Å². The van der Waals surface area contributed by atoms with Crippen LogP contribution in [0.2, 0.25) is 0 Å². The first-order valence-corrected chi connectivity index (χ1v) is 8.59. The molecule has 0 aliphatic rings. The molecule has 1 heterocycles. The van der Waals surface area contributed by atoms with Gasteiger partial charge in [-0.2, -0.15) is 13.2 Å². The molecular formula is C19H13ClF4N2O3. The number of nitrogens with zero attached hydrogens (tertiary/aromatic N) is 2. The Morgan fingerprint density at radius 2 is 1.69 bits per heavy atom. The van der Waals surface area contributed by atoms with Crippen molar-refractivity contribution in [1.29, 1.82) is 0 Å². The molecule has 0 aliphatic carbocycles. The second-order valence-corrected chi connectivity index (χ2v) is 6.40. The Kier molecular flexibility index (Phi) is 5.52.